The van der Waals surface area contributed by atoms with Crippen LogP contribution >= 0.6 is 0 Å². The standard InChI is InChI=1S/C27H39F3O5/c1-16-22(31)14-18(15-23(16)32)7-8-19-6-5-12-25(3)20(9-10-21(19)25)17(2)35-24(33)11-13-26(4,34)27(28,29)30/h7-8,17,20-23,31-32,34H,1,5-6,9-15H2,2-4H3/b19-8+/t17-,20+,21-,22+,23+,25+,26?/m0/s1. The molecule has 3 saturated carbocycles. The number of aliphatic hydroxyl groups excluding tert-OH is 2. The van der Waals surface area contributed by atoms with Gasteiger partial charge in [-0.05, 0) is 82.1 Å². The highest BCUT2D eigenvalue weighted by molar-refractivity contribution is 5.69. The van der Waals surface area contributed by atoms with Crippen LogP contribution in [-0.4, -0.2) is 51.4 Å². The fourth-order valence-electron chi connectivity index (χ4n) is 6.31. The number of halogens is 3. The van der Waals surface area contributed by atoms with Gasteiger partial charge in [0.15, 0.2) is 5.60 Å². The van der Waals surface area contributed by atoms with Crippen LogP contribution in [0.1, 0.15) is 78.6 Å². The number of allylic oxidation sites excluding steroid dienone is 3. The summed E-state index contributed by atoms with van der Waals surface area (Å²) in [5.41, 5.74) is -0.232. The molecule has 0 saturated heterocycles. The third kappa shape index (κ3) is 6.03. The van der Waals surface area contributed by atoms with E-state index >= 15 is 0 Å². The van der Waals surface area contributed by atoms with Crippen molar-refractivity contribution in [3.05, 3.63) is 35.5 Å². The van der Waals surface area contributed by atoms with Crippen molar-refractivity contribution in [3.63, 3.8) is 0 Å². The lowest BCUT2D eigenvalue weighted by atomic mass is 9.62. The van der Waals surface area contributed by atoms with Crippen molar-refractivity contribution in [1.29, 1.82) is 0 Å². The van der Waals surface area contributed by atoms with Crippen LogP contribution in [-0.2, 0) is 9.53 Å². The highest BCUT2D eigenvalue weighted by Gasteiger charge is 2.52. The van der Waals surface area contributed by atoms with Crippen molar-refractivity contribution < 1.29 is 38.0 Å². The number of alkyl halides is 3. The Hall–Kier alpha value is -1.64. The van der Waals surface area contributed by atoms with Crippen molar-refractivity contribution >= 4 is 5.97 Å². The van der Waals surface area contributed by atoms with Gasteiger partial charge in [-0.2, -0.15) is 13.2 Å². The van der Waals surface area contributed by atoms with Gasteiger partial charge in [0.1, 0.15) is 6.10 Å². The number of ether oxygens (including phenoxy) is 1. The Balaban J connectivity index is 1.64. The van der Waals surface area contributed by atoms with Crippen LogP contribution in [0.5, 0.6) is 0 Å². The van der Waals surface area contributed by atoms with Crippen LogP contribution < -0.4 is 0 Å². The molecule has 0 radical (unpaired) electrons. The zero-order valence-corrected chi connectivity index (χ0v) is 20.9. The third-order valence-electron chi connectivity index (χ3n) is 8.65. The smallest absolute Gasteiger partial charge is 0.416 e. The summed E-state index contributed by atoms with van der Waals surface area (Å²) >= 11 is 0. The van der Waals surface area contributed by atoms with Crippen molar-refractivity contribution in [1.82, 2.24) is 0 Å². The molecule has 0 aliphatic heterocycles. The maximum absolute atomic E-state index is 12.9. The third-order valence-corrected chi connectivity index (χ3v) is 8.65. The van der Waals surface area contributed by atoms with Crippen LogP contribution in [0.25, 0.3) is 0 Å². The molecule has 0 aromatic rings. The molecule has 3 N–H and O–H groups in total. The minimum atomic E-state index is -4.80. The molecule has 0 aromatic heterocycles. The van der Waals surface area contributed by atoms with Crippen LogP contribution in [0.4, 0.5) is 13.2 Å². The first kappa shape index (κ1) is 27.9. The second-order valence-electron chi connectivity index (χ2n) is 11.1. The van der Waals surface area contributed by atoms with Gasteiger partial charge in [-0.15, -0.1) is 0 Å². The van der Waals surface area contributed by atoms with E-state index in [-0.39, 0.29) is 11.3 Å². The minimum Gasteiger partial charge on any atom is -0.462 e. The van der Waals surface area contributed by atoms with Gasteiger partial charge in [0.2, 0.25) is 0 Å². The second kappa shape index (κ2) is 10.4. The molecule has 5 nitrogen and oxygen atoms in total. The van der Waals surface area contributed by atoms with E-state index in [0.717, 1.165) is 37.7 Å². The van der Waals surface area contributed by atoms with E-state index in [0.29, 0.717) is 31.3 Å². The number of carbonyl (C=O) groups excluding carboxylic acids is 1. The molecular weight excluding hydrogens is 461 g/mol. The van der Waals surface area contributed by atoms with Crippen molar-refractivity contribution in [2.24, 2.45) is 17.3 Å². The van der Waals surface area contributed by atoms with Gasteiger partial charge < -0.3 is 20.1 Å². The average Bonchev–Trinajstić information content (AvgIpc) is 3.11. The topological polar surface area (TPSA) is 87.0 Å². The Morgan fingerprint density at radius 2 is 1.86 bits per heavy atom. The number of hydrogen-bond donors (Lipinski definition) is 3. The molecule has 3 fully saturated rings. The summed E-state index contributed by atoms with van der Waals surface area (Å²) < 4.78 is 44.2. The summed E-state index contributed by atoms with van der Waals surface area (Å²) in [7, 11) is 0. The molecule has 3 aliphatic carbocycles. The van der Waals surface area contributed by atoms with E-state index < -0.39 is 48.9 Å². The average molecular weight is 501 g/mol. The molecule has 1 unspecified atom stereocenters. The summed E-state index contributed by atoms with van der Waals surface area (Å²) in [6.45, 7) is 8.45. The van der Waals surface area contributed by atoms with Crippen molar-refractivity contribution in [2.45, 2.75) is 109 Å². The monoisotopic (exact) mass is 500 g/mol. The molecule has 198 valence electrons. The van der Waals surface area contributed by atoms with Gasteiger partial charge in [-0.1, -0.05) is 36.8 Å². The van der Waals surface area contributed by atoms with Crippen LogP contribution in [0.2, 0.25) is 0 Å². The summed E-state index contributed by atoms with van der Waals surface area (Å²) in [6, 6.07) is 0. The first-order valence-electron chi connectivity index (χ1n) is 12.6. The first-order chi connectivity index (χ1) is 16.2. The Bertz CT molecular complexity index is 859. The molecule has 0 aromatic carbocycles. The number of carbonyl (C=O) groups is 1. The highest BCUT2D eigenvalue weighted by Crippen LogP contribution is 2.58. The van der Waals surface area contributed by atoms with E-state index in [1.54, 1.807) is 0 Å². The maximum Gasteiger partial charge on any atom is 0.416 e. The Labute approximate surface area is 205 Å². The van der Waals surface area contributed by atoms with Crippen molar-refractivity contribution in [3.8, 4) is 0 Å². The van der Waals surface area contributed by atoms with Gasteiger partial charge >= 0.3 is 12.1 Å². The lowest BCUT2D eigenvalue weighted by molar-refractivity contribution is -0.255. The largest absolute Gasteiger partial charge is 0.462 e. The van der Waals surface area contributed by atoms with E-state index in [1.807, 2.05) is 13.0 Å². The molecule has 7 atom stereocenters. The van der Waals surface area contributed by atoms with E-state index in [9.17, 15) is 33.3 Å². The fourth-order valence-corrected chi connectivity index (χ4v) is 6.31. The van der Waals surface area contributed by atoms with E-state index in [4.69, 9.17) is 4.74 Å². The summed E-state index contributed by atoms with van der Waals surface area (Å²) in [4.78, 5) is 12.3. The van der Waals surface area contributed by atoms with Crippen LogP contribution in [0.15, 0.2) is 35.5 Å². The molecule has 35 heavy (non-hydrogen) atoms. The first-order valence-corrected chi connectivity index (χ1v) is 12.6. The van der Waals surface area contributed by atoms with Gasteiger partial charge in [-0.25, -0.2) is 0 Å². The maximum atomic E-state index is 12.9. The summed E-state index contributed by atoms with van der Waals surface area (Å²) in [5, 5.41) is 29.8. The molecule has 8 heteroatoms. The fraction of sp³-hybridized carbons (Fsp3) is 0.741. The number of esters is 1. The number of rotatable bonds is 6. The van der Waals surface area contributed by atoms with Gasteiger partial charge in [-0.3, -0.25) is 4.79 Å². The van der Waals surface area contributed by atoms with Crippen molar-refractivity contribution in [2.75, 3.05) is 0 Å². The minimum absolute atomic E-state index is 0.0837. The molecule has 3 rings (SSSR count). The number of hydrogen-bond acceptors (Lipinski definition) is 5. The zero-order chi connectivity index (χ0) is 26.2. The quantitative estimate of drug-likeness (QED) is 0.347. The molecule has 3 aliphatic rings. The Morgan fingerprint density at radius 3 is 2.46 bits per heavy atom. The second-order valence-corrected chi connectivity index (χ2v) is 11.1. The predicted octanol–water partition coefficient (Wildman–Crippen LogP) is 5.15. The molecule has 0 heterocycles. The SMILES string of the molecule is C=C1[C@H](O)CC(=C/C=C2\CCC[C@]3(C)[C@@H]([C@H](C)OC(=O)CCC(C)(O)C(F)(F)F)CC[C@@H]23)C[C@H]1O. The lowest BCUT2D eigenvalue weighted by Gasteiger charge is -2.44. The van der Waals surface area contributed by atoms with Gasteiger partial charge in [0.05, 0.1) is 12.2 Å². The summed E-state index contributed by atoms with van der Waals surface area (Å²) in [5.74, 6) is -0.308. The van der Waals surface area contributed by atoms with E-state index in [1.165, 1.54) is 5.57 Å². The molecule has 0 amide bonds. The Kier molecular flexibility index (Phi) is 8.29. The predicted molar refractivity (Wildman–Crippen MR) is 126 cm³/mol. The Morgan fingerprint density at radius 1 is 1.23 bits per heavy atom. The van der Waals surface area contributed by atoms with Crippen LogP contribution in [0.3, 0.4) is 0 Å². The zero-order valence-electron chi connectivity index (χ0n) is 20.9. The number of aliphatic hydroxyl groups is 3. The molecular formula is C27H39F3O5. The van der Waals surface area contributed by atoms with Gasteiger partial charge in [0.25, 0.3) is 0 Å². The molecule has 0 spiro atoms. The molecule has 0 bridgehead atoms. The highest BCUT2D eigenvalue weighted by atomic mass is 19.4. The number of fused-ring (bicyclic) bond motifs is 1. The normalized spacial score (nSPS) is 35.4. The van der Waals surface area contributed by atoms with Crippen LogP contribution in [0, 0.1) is 17.3 Å². The van der Waals surface area contributed by atoms with E-state index in [2.05, 4.69) is 19.6 Å². The lowest BCUT2D eigenvalue weighted by Crippen LogP contribution is -2.43. The van der Waals surface area contributed by atoms with Gasteiger partial charge in [0, 0.05) is 12.3 Å². The summed E-state index contributed by atoms with van der Waals surface area (Å²) in [6.07, 6.45) is 1.93.